The Labute approximate surface area is 104 Å². The molecule has 3 heteroatoms. The summed E-state index contributed by atoms with van der Waals surface area (Å²) in [6, 6.07) is 8.42. The van der Waals surface area contributed by atoms with Crippen LogP contribution in [0.2, 0.25) is 0 Å². The van der Waals surface area contributed by atoms with Gasteiger partial charge >= 0.3 is 0 Å². The van der Waals surface area contributed by atoms with Crippen LogP contribution in [0, 0.1) is 13.8 Å². The van der Waals surface area contributed by atoms with Crippen molar-refractivity contribution in [2.24, 2.45) is 0 Å². The molecule has 0 fully saturated rings. The van der Waals surface area contributed by atoms with E-state index < -0.39 is 0 Å². The highest BCUT2D eigenvalue weighted by atomic mass is 79.9. The van der Waals surface area contributed by atoms with Crippen molar-refractivity contribution in [3.63, 3.8) is 0 Å². The molecule has 0 saturated heterocycles. The average Bonchev–Trinajstić information content (AvgIpc) is 2.56. The van der Waals surface area contributed by atoms with Crippen LogP contribution in [0.1, 0.15) is 22.8 Å². The van der Waals surface area contributed by atoms with Gasteiger partial charge in [-0.15, -0.1) is 0 Å². The first kappa shape index (κ1) is 11.4. The average molecular weight is 279 g/mol. The van der Waals surface area contributed by atoms with E-state index >= 15 is 0 Å². The Morgan fingerprint density at radius 3 is 2.69 bits per heavy atom. The normalized spacial score (nSPS) is 10.7. The zero-order chi connectivity index (χ0) is 11.5. The number of aryl methyl sites for hydroxylation is 4. The van der Waals surface area contributed by atoms with E-state index in [1.54, 1.807) is 0 Å². The van der Waals surface area contributed by atoms with Crippen molar-refractivity contribution in [1.82, 2.24) is 9.97 Å². The molecule has 2 rings (SSSR count). The Balaban J connectivity index is 2.02. The number of nitrogens with zero attached hydrogens (tertiary/aromatic N) is 1. The summed E-state index contributed by atoms with van der Waals surface area (Å²) in [5.74, 6) is 1.08. The summed E-state index contributed by atoms with van der Waals surface area (Å²) in [7, 11) is 0. The van der Waals surface area contributed by atoms with Crippen LogP contribution in [0.5, 0.6) is 0 Å². The molecule has 0 aliphatic carbocycles. The standard InChI is InChI=1S/C13H15BrN2/c1-9-10(2)16-13(15-9)7-6-11-4-3-5-12(14)8-11/h3-5,8H,6-7H2,1-2H3,(H,15,16). The van der Waals surface area contributed by atoms with Crippen molar-refractivity contribution in [3.05, 3.63) is 51.5 Å². The molecule has 0 aliphatic rings. The summed E-state index contributed by atoms with van der Waals surface area (Å²) in [5.41, 5.74) is 3.61. The molecule has 0 saturated carbocycles. The van der Waals surface area contributed by atoms with Gasteiger partial charge in [0, 0.05) is 16.6 Å². The molecule has 0 atom stereocenters. The van der Waals surface area contributed by atoms with Crippen molar-refractivity contribution in [2.45, 2.75) is 26.7 Å². The van der Waals surface area contributed by atoms with Gasteiger partial charge in [0.1, 0.15) is 5.82 Å². The molecule has 0 spiro atoms. The topological polar surface area (TPSA) is 28.7 Å². The highest BCUT2D eigenvalue weighted by Gasteiger charge is 2.02. The van der Waals surface area contributed by atoms with Crippen molar-refractivity contribution in [2.75, 3.05) is 0 Å². The highest BCUT2D eigenvalue weighted by Crippen LogP contribution is 2.13. The lowest BCUT2D eigenvalue weighted by Gasteiger charge is -2.00. The molecule has 0 unspecified atom stereocenters. The second kappa shape index (κ2) is 4.83. The SMILES string of the molecule is Cc1nc(CCc2cccc(Br)c2)[nH]c1C. The zero-order valence-corrected chi connectivity index (χ0v) is 11.1. The van der Waals surface area contributed by atoms with Gasteiger partial charge in [-0.2, -0.15) is 0 Å². The number of imidazole rings is 1. The maximum Gasteiger partial charge on any atom is 0.106 e. The Kier molecular flexibility index (Phi) is 3.44. The monoisotopic (exact) mass is 278 g/mol. The Bertz CT molecular complexity index is 469. The molecule has 1 aromatic heterocycles. The first-order chi connectivity index (χ1) is 7.65. The van der Waals surface area contributed by atoms with Crippen LogP contribution >= 0.6 is 15.9 Å². The number of halogens is 1. The quantitative estimate of drug-likeness (QED) is 0.914. The molecular weight excluding hydrogens is 264 g/mol. The third-order valence-corrected chi connectivity index (χ3v) is 3.21. The smallest absolute Gasteiger partial charge is 0.106 e. The van der Waals surface area contributed by atoms with E-state index in [-0.39, 0.29) is 0 Å². The van der Waals surface area contributed by atoms with Crippen LogP contribution < -0.4 is 0 Å². The van der Waals surface area contributed by atoms with E-state index in [0.29, 0.717) is 0 Å². The number of nitrogens with one attached hydrogen (secondary N) is 1. The van der Waals surface area contributed by atoms with Gasteiger partial charge in [-0.3, -0.25) is 0 Å². The largest absolute Gasteiger partial charge is 0.346 e. The minimum Gasteiger partial charge on any atom is -0.346 e. The second-order valence-corrected chi connectivity index (χ2v) is 4.94. The van der Waals surface area contributed by atoms with E-state index in [0.717, 1.165) is 28.8 Å². The lowest BCUT2D eigenvalue weighted by molar-refractivity contribution is 0.878. The number of aromatic amines is 1. The number of H-pyrrole nitrogens is 1. The first-order valence-electron chi connectivity index (χ1n) is 5.41. The number of benzene rings is 1. The first-order valence-corrected chi connectivity index (χ1v) is 6.21. The summed E-state index contributed by atoms with van der Waals surface area (Å²) in [5, 5.41) is 0. The van der Waals surface area contributed by atoms with Gasteiger partial charge < -0.3 is 4.98 Å². The fraction of sp³-hybridized carbons (Fsp3) is 0.308. The van der Waals surface area contributed by atoms with Crippen LogP contribution in [-0.2, 0) is 12.8 Å². The molecule has 2 aromatic rings. The lowest BCUT2D eigenvalue weighted by atomic mass is 10.1. The Morgan fingerprint density at radius 1 is 1.25 bits per heavy atom. The fourth-order valence-corrected chi connectivity index (χ4v) is 2.14. The van der Waals surface area contributed by atoms with Crippen molar-refractivity contribution in [1.29, 1.82) is 0 Å². The van der Waals surface area contributed by atoms with Crippen molar-refractivity contribution >= 4 is 15.9 Å². The molecule has 1 aromatic carbocycles. The van der Waals surface area contributed by atoms with Gasteiger partial charge in [0.25, 0.3) is 0 Å². The van der Waals surface area contributed by atoms with Crippen molar-refractivity contribution in [3.8, 4) is 0 Å². The molecule has 0 amide bonds. The predicted octanol–water partition coefficient (Wildman–Crippen LogP) is 3.57. The predicted molar refractivity (Wildman–Crippen MR) is 69.6 cm³/mol. The summed E-state index contributed by atoms with van der Waals surface area (Å²) in [6.07, 6.45) is 1.98. The third-order valence-electron chi connectivity index (χ3n) is 2.72. The molecule has 1 N–H and O–H groups in total. The fourth-order valence-electron chi connectivity index (χ4n) is 1.69. The number of hydrogen-bond donors (Lipinski definition) is 1. The molecule has 84 valence electrons. The van der Waals surface area contributed by atoms with Crippen LogP contribution in [-0.4, -0.2) is 9.97 Å². The van der Waals surface area contributed by atoms with Gasteiger partial charge in [-0.05, 0) is 38.0 Å². The van der Waals surface area contributed by atoms with Crippen molar-refractivity contribution < 1.29 is 0 Å². The second-order valence-electron chi connectivity index (χ2n) is 4.02. The minimum atomic E-state index is 0.963. The third kappa shape index (κ3) is 2.73. The molecule has 0 radical (unpaired) electrons. The summed E-state index contributed by atoms with van der Waals surface area (Å²) < 4.78 is 1.14. The molecular formula is C13H15BrN2. The molecule has 16 heavy (non-hydrogen) atoms. The summed E-state index contributed by atoms with van der Waals surface area (Å²) in [6.45, 7) is 4.10. The van der Waals surface area contributed by atoms with E-state index in [1.807, 2.05) is 13.0 Å². The van der Waals surface area contributed by atoms with Crippen LogP contribution in [0.25, 0.3) is 0 Å². The lowest BCUT2D eigenvalue weighted by Crippen LogP contribution is -1.93. The molecule has 1 heterocycles. The number of rotatable bonds is 3. The minimum absolute atomic E-state index is 0.963. The van der Waals surface area contributed by atoms with Gasteiger partial charge in [0.05, 0.1) is 5.69 Å². The van der Waals surface area contributed by atoms with Gasteiger partial charge in [-0.25, -0.2) is 4.98 Å². The van der Waals surface area contributed by atoms with E-state index in [2.05, 4.69) is 51.0 Å². The molecule has 2 nitrogen and oxygen atoms in total. The number of aromatic nitrogens is 2. The van der Waals surface area contributed by atoms with Gasteiger partial charge in [-0.1, -0.05) is 28.1 Å². The Hall–Kier alpha value is -1.09. The molecule has 0 aliphatic heterocycles. The molecule has 0 bridgehead atoms. The highest BCUT2D eigenvalue weighted by molar-refractivity contribution is 9.10. The van der Waals surface area contributed by atoms with Gasteiger partial charge in [0.15, 0.2) is 0 Å². The summed E-state index contributed by atoms with van der Waals surface area (Å²) >= 11 is 3.48. The van der Waals surface area contributed by atoms with Crippen LogP contribution in [0.15, 0.2) is 28.7 Å². The van der Waals surface area contributed by atoms with E-state index in [4.69, 9.17) is 0 Å². The van der Waals surface area contributed by atoms with Crippen LogP contribution in [0.4, 0.5) is 0 Å². The zero-order valence-electron chi connectivity index (χ0n) is 9.55. The van der Waals surface area contributed by atoms with E-state index in [9.17, 15) is 0 Å². The Morgan fingerprint density at radius 2 is 2.06 bits per heavy atom. The maximum absolute atomic E-state index is 4.48. The van der Waals surface area contributed by atoms with Crippen LogP contribution in [0.3, 0.4) is 0 Å². The maximum atomic E-state index is 4.48. The summed E-state index contributed by atoms with van der Waals surface area (Å²) in [4.78, 5) is 7.79. The van der Waals surface area contributed by atoms with E-state index in [1.165, 1.54) is 11.3 Å². The van der Waals surface area contributed by atoms with Gasteiger partial charge in [0.2, 0.25) is 0 Å². The number of hydrogen-bond acceptors (Lipinski definition) is 1.